The van der Waals surface area contributed by atoms with E-state index >= 15 is 0 Å². The van der Waals surface area contributed by atoms with Crippen molar-refractivity contribution in [2.24, 2.45) is 0 Å². The van der Waals surface area contributed by atoms with E-state index in [1.54, 1.807) is 37.6 Å². The van der Waals surface area contributed by atoms with Crippen molar-refractivity contribution in [3.63, 3.8) is 0 Å². The number of pyridine rings is 1. The van der Waals surface area contributed by atoms with Gasteiger partial charge in [-0.25, -0.2) is 0 Å². The van der Waals surface area contributed by atoms with Crippen molar-refractivity contribution in [1.29, 1.82) is 0 Å². The van der Waals surface area contributed by atoms with Crippen molar-refractivity contribution in [3.8, 4) is 17.1 Å². The van der Waals surface area contributed by atoms with Crippen LogP contribution in [0.3, 0.4) is 0 Å². The van der Waals surface area contributed by atoms with Crippen LogP contribution in [0.25, 0.3) is 11.3 Å². The van der Waals surface area contributed by atoms with E-state index in [2.05, 4.69) is 10.3 Å². The van der Waals surface area contributed by atoms with Crippen LogP contribution in [0.2, 0.25) is 0 Å². The van der Waals surface area contributed by atoms with Crippen molar-refractivity contribution in [3.05, 3.63) is 107 Å². The first-order valence-corrected chi connectivity index (χ1v) is 11.0. The van der Waals surface area contributed by atoms with Crippen LogP contribution in [0.1, 0.15) is 23.5 Å². The average molecular weight is 473 g/mol. The number of hydrogen-bond acceptors (Lipinski definition) is 6. The summed E-state index contributed by atoms with van der Waals surface area (Å²) in [5, 5.41) is 15.4. The summed E-state index contributed by atoms with van der Waals surface area (Å²) in [6.07, 6.45) is 1.73. The zero-order valence-corrected chi connectivity index (χ0v) is 18.9. The number of rotatable bonds is 6. The number of nitro groups is 1. The summed E-state index contributed by atoms with van der Waals surface area (Å²) < 4.78 is 11.9. The molecule has 1 N–H and O–H groups in total. The first-order valence-electron chi connectivity index (χ1n) is 10.6. The second-order valence-electron chi connectivity index (χ2n) is 7.64. The van der Waals surface area contributed by atoms with E-state index in [0.29, 0.717) is 27.9 Å². The van der Waals surface area contributed by atoms with Gasteiger partial charge >= 0.3 is 0 Å². The van der Waals surface area contributed by atoms with Crippen LogP contribution >= 0.6 is 12.2 Å². The second kappa shape index (κ2) is 8.95. The van der Waals surface area contributed by atoms with Crippen LogP contribution in [0, 0.1) is 10.1 Å². The lowest BCUT2D eigenvalue weighted by atomic mass is 10.0. The van der Waals surface area contributed by atoms with E-state index in [9.17, 15) is 10.1 Å². The van der Waals surface area contributed by atoms with Gasteiger partial charge < -0.3 is 19.4 Å². The fraction of sp³-hybridized carbons (Fsp3) is 0.120. The molecule has 2 aromatic carbocycles. The van der Waals surface area contributed by atoms with Crippen LogP contribution in [-0.2, 0) is 0 Å². The molecule has 0 bridgehead atoms. The highest BCUT2D eigenvalue weighted by molar-refractivity contribution is 7.80. The van der Waals surface area contributed by atoms with Crippen molar-refractivity contribution in [2.45, 2.75) is 12.1 Å². The lowest BCUT2D eigenvalue weighted by molar-refractivity contribution is -0.384. The van der Waals surface area contributed by atoms with Gasteiger partial charge in [-0.2, -0.15) is 0 Å². The molecule has 0 radical (unpaired) electrons. The first kappa shape index (κ1) is 21.6. The summed E-state index contributed by atoms with van der Waals surface area (Å²) in [7, 11) is 1.61. The van der Waals surface area contributed by atoms with Gasteiger partial charge in [0, 0.05) is 12.3 Å². The lowest BCUT2D eigenvalue weighted by Crippen LogP contribution is -2.29. The fourth-order valence-corrected chi connectivity index (χ4v) is 4.57. The Morgan fingerprint density at radius 1 is 1.06 bits per heavy atom. The van der Waals surface area contributed by atoms with E-state index in [1.807, 2.05) is 53.4 Å². The summed E-state index contributed by atoms with van der Waals surface area (Å²) in [4.78, 5) is 17.6. The molecule has 5 rings (SSSR count). The van der Waals surface area contributed by atoms with Crippen LogP contribution in [-0.4, -0.2) is 22.1 Å². The normalized spacial score (nSPS) is 17.4. The number of methoxy groups -OCH3 is 1. The molecule has 1 aliphatic rings. The van der Waals surface area contributed by atoms with E-state index in [4.69, 9.17) is 21.4 Å². The van der Waals surface area contributed by atoms with E-state index in [-0.39, 0.29) is 11.7 Å². The number of furan rings is 1. The number of ether oxygens (including phenoxy) is 1. The topological polar surface area (TPSA) is 93.7 Å². The van der Waals surface area contributed by atoms with Gasteiger partial charge in [-0.05, 0) is 54.7 Å². The zero-order chi connectivity index (χ0) is 23.7. The van der Waals surface area contributed by atoms with Gasteiger partial charge in [-0.1, -0.05) is 30.3 Å². The third-order valence-electron chi connectivity index (χ3n) is 5.73. The molecule has 0 amide bonds. The highest BCUT2D eigenvalue weighted by atomic mass is 32.1. The molecule has 2 aromatic heterocycles. The smallest absolute Gasteiger partial charge is 0.280 e. The molecule has 0 unspecified atom stereocenters. The van der Waals surface area contributed by atoms with Crippen molar-refractivity contribution in [1.82, 2.24) is 10.3 Å². The summed E-state index contributed by atoms with van der Waals surface area (Å²) in [5.74, 6) is 1.64. The quantitative estimate of drug-likeness (QED) is 0.225. The fourth-order valence-electron chi connectivity index (χ4n) is 4.23. The standard InChI is InChI=1S/C25H20N4O4S/c1-32-21-12-5-4-11-19(21)28-24(23(27-25(28)34)17-9-6-7-15-26-17)22-14-13-20(33-22)16-8-2-3-10-18(16)29(30)31/h2-15,23-24H,1H3,(H,27,34)/t23-,24+/m0/s1. The first-order chi connectivity index (χ1) is 16.6. The van der Waals surface area contributed by atoms with Gasteiger partial charge in [0.25, 0.3) is 5.69 Å². The molecule has 0 aliphatic carbocycles. The molecule has 170 valence electrons. The Morgan fingerprint density at radius 2 is 1.82 bits per heavy atom. The molecule has 1 fully saturated rings. The van der Waals surface area contributed by atoms with Crippen LogP contribution in [0.15, 0.2) is 89.5 Å². The van der Waals surface area contributed by atoms with E-state index in [0.717, 1.165) is 11.4 Å². The number of hydrogen-bond donors (Lipinski definition) is 1. The molecule has 1 aliphatic heterocycles. The number of benzene rings is 2. The second-order valence-corrected chi connectivity index (χ2v) is 8.03. The number of nitro benzene ring substituents is 1. The van der Waals surface area contributed by atoms with Gasteiger partial charge in [0.1, 0.15) is 23.3 Å². The maximum Gasteiger partial charge on any atom is 0.280 e. The van der Waals surface area contributed by atoms with Gasteiger partial charge in [0.05, 0.1) is 35.0 Å². The Kier molecular flexibility index (Phi) is 5.69. The highest BCUT2D eigenvalue weighted by Gasteiger charge is 2.43. The van der Waals surface area contributed by atoms with Crippen molar-refractivity contribution < 1.29 is 14.1 Å². The molecular formula is C25H20N4O4S. The largest absolute Gasteiger partial charge is 0.495 e. The molecule has 0 spiro atoms. The molecule has 3 heterocycles. The lowest BCUT2D eigenvalue weighted by Gasteiger charge is -2.27. The monoisotopic (exact) mass is 472 g/mol. The zero-order valence-electron chi connectivity index (χ0n) is 18.1. The number of thiocarbonyl (C=S) groups is 1. The third-order valence-corrected chi connectivity index (χ3v) is 6.04. The molecule has 0 saturated carbocycles. The Bertz CT molecular complexity index is 1360. The van der Waals surface area contributed by atoms with Gasteiger partial charge in [0.2, 0.25) is 0 Å². The van der Waals surface area contributed by atoms with Gasteiger partial charge in [-0.3, -0.25) is 15.1 Å². The Morgan fingerprint density at radius 3 is 2.59 bits per heavy atom. The molecule has 9 heteroatoms. The highest BCUT2D eigenvalue weighted by Crippen LogP contribution is 2.45. The molecule has 34 heavy (non-hydrogen) atoms. The predicted octanol–water partition coefficient (Wildman–Crippen LogP) is 5.44. The summed E-state index contributed by atoms with van der Waals surface area (Å²) in [6, 6.07) is 22.6. The van der Waals surface area contributed by atoms with Crippen molar-refractivity contribution in [2.75, 3.05) is 12.0 Å². The minimum absolute atomic E-state index is 0.0219. The Hall–Kier alpha value is -4.24. The van der Waals surface area contributed by atoms with E-state index in [1.165, 1.54) is 6.07 Å². The minimum atomic E-state index is -0.415. The predicted molar refractivity (Wildman–Crippen MR) is 132 cm³/mol. The summed E-state index contributed by atoms with van der Waals surface area (Å²) in [6.45, 7) is 0. The van der Waals surface area contributed by atoms with Crippen LogP contribution < -0.4 is 15.0 Å². The number of anilines is 1. The molecule has 4 aromatic rings. The Labute approximate surface area is 201 Å². The van der Waals surface area contributed by atoms with Crippen LogP contribution in [0.5, 0.6) is 5.75 Å². The maximum atomic E-state index is 11.6. The van der Waals surface area contributed by atoms with E-state index < -0.39 is 11.0 Å². The number of nitrogens with one attached hydrogen (secondary N) is 1. The maximum absolute atomic E-state index is 11.6. The summed E-state index contributed by atoms with van der Waals surface area (Å²) >= 11 is 5.74. The molecule has 8 nitrogen and oxygen atoms in total. The molecule has 2 atom stereocenters. The average Bonchev–Trinajstić information content (AvgIpc) is 3.49. The van der Waals surface area contributed by atoms with Crippen LogP contribution in [0.4, 0.5) is 11.4 Å². The summed E-state index contributed by atoms with van der Waals surface area (Å²) in [5.41, 5.74) is 1.95. The minimum Gasteiger partial charge on any atom is -0.495 e. The SMILES string of the molecule is COc1ccccc1N1C(=S)N[C@@H](c2ccccn2)[C@H]1c1ccc(-c2ccccc2[N+](=O)[O-])o1. The number of nitrogens with zero attached hydrogens (tertiary/aromatic N) is 3. The molecular weight excluding hydrogens is 452 g/mol. The van der Waals surface area contributed by atoms with Gasteiger partial charge in [0.15, 0.2) is 5.11 Å². The van der Waals surface area contributed by atoms with Crippen molar-refractivity contribution >= 4 is 28.7 Å². The third kappa shape index (κ3) is 3.75. The number of para-hydroxylation sites is 3. The van der Waals surface area contributed by atoms with Gasteiger partial charge in [-0.15, -0.1) is 0 Å². The molecule has 1 saturated heterocycles. The Balaban J connectivity index is 1.64. The number of aromatic nitrogens is 1.